The lowest BCUT2D eigenvalue weighted by Crippen LogP contribution is -2.30. The molecule has 1 saturated heterocycles. The summed E-state index contributed by atoms with van der Waals surface area (Å²) >= 11 is 0. The highest BCUT2D eigenvalue weighted by Gasteiger charge is 2.14. The second-order valence-electron chi connectivity index (χ2n) is 8.23. The molecule has 0 aliphatic carbocycles. The van der Waals surface area contributed by atoms with Crippen LogP contribution in [0.15, 0.2) is 72.8 Å². The van der Waals surface area contributed by atoms with Gasteiger partial charge in [-0.3, -0.25) is 9.59 Å². The van der Waals surface area contributed by atoms with Crippen LogP contribution in [0.2, 0.25) is 0 Å². The maximum atomic E-state index is 12.5. The number of carbonyl (C=O) groups excluding carboxylic acids is 2. The second kappa shape index (κ2) is 11.2. The summed E-state index contributed by atoms with van der Waals surface area (Å²) in [6.45, 7) is 2.25. The van der Waals surface area contributed by atoms with Gasteiger partial charge in [0.2, 0.25) is 5.91 Å². The highest BCUT2D eigenvalue weighted by atomic mass is 16.5. The summed E-state index contributed by atoms with van der Waals surface area (Å²) in [7, 11) is 1.60. The van der Waals surface area contributed by atoms with E-state index in [2.05, 4.69) is 26.9 Å². The summed E-state index contributed by atoms with van der Waals surface area (Å²) < 4.78 is 5.13. The molecule has 2 amide bonds. The molecule has 0 spiro atoms. The Labute approximate surface area is 200 Å². The number of piperidine rings is 1. The number of hydrogen-bond acceptors (Lipinski definition) is 5. The number of para-hydroxylation sites is 2. The number of nitrogens with one attached hydrogen (secondary N) is 3. The highest BCUT2D eigenvalue weighted by molar-refractivity contribution is 6.04. The van der Waals surface area contributed by atoms with Crippen molar-refractivity contribution in [2.75, 3.05) is 47.6 Å². The predicted molar refractivity (Wildman–Crippen MR) is 137 cm³/mol. The molecule has 176 valence electrons. The number of ether oxygens (including phenoxy) is 1. The summed E-state index contributed by atoms with van der Waals surface area (Å²) in [4.78, 5) is 27.4. The zero-order valence-electron chi connectivity index (χ0n) is 19.3. The molecule has 7 nitrogen and oxygen atoms in total. The fraction of sp³-hybridized carbons (Fsp3) is 0.259. The summed E-state index contributed by atoms with van der Waals surface area (Å²) in [6, 6.07) is 22.1. The number of benzene rings is 3. The van der Waals surface area contributed by atoms with Crippen molar-refractivity contribution in [2.45, 2.75) is 19.3 Å². The smallest absolute Gasteiger partial charge is 0.255 e. The number of hydrogen-bond donors (Lipinski definition) is 3. The van der Waals surface area contributed by atoms with E-state index in [1.165, 1.54) is 19.3 Å². The van der Waals surface area contributed by atoms with Crippen LogP contribution in [-0.4, -0.2) is 38.6 Å². The van der Waals surface area contributed by atoms with E-state index >= 15 is 0 Å². The van der Waals surface area contributed by atoms with Crippen LogP contribution in [0.5, 0.6) is 5.75 Å². The van der Waals surface area contributed by atoms with Crippen molar-refractivity contribution in [1.29, 1.82) is 0 Å². The molecule has 0 aromatic heterocycles. The highest BCUT2D eigenvalue weighted by Crippen LogP contribution is 2.28. The summed E-state index contributed by atoms with van der Waals surface area (Å²) in [5.41, 5.74) is 3.92. The first-order chi connectivity index (χ1) is 16.6. The molecule has 7 heteroatoms. The van der Waals surface area contributed by atoms with E-state index in [0.717, 1.165) is 30.2 Å². The Morgan fingerprint density at radius 2 is 1.47 bits per heavy atom. The molecule has 0 radical (unpaired) electrons. The molecule has 1 fully saturated rings. The average molecular weight is 459 g/mol. The Hall–Kier alpha value is -4.00. The third-order valence-corrected chi connectivity index (χ3v) is 5.82. The standard InChI is InChI=1S/C27H30N4O3/c1-34-23-15-13-22(14-16-23)30-27(33)20-9-11-21(12-10-20)29-26(32)19-28-24-7-3-4-8-25(24)31-17-5-2-6-18-31/h3-4,7-16,28H,2,5-6,17-19H2,1H3,(H,29,32)(H,30,33). The summed E-state index contributed by atoms with van der Waals surface area (Å²) in [6.07, 6.45) is 3.67. The van der Waals surface area contributed by atoms with E-state index < -0.39 is 0 Å². The van der Waals surface area contributed by atoms with Crippen molar-refractivity contribution in [3.63, 3.8) is 0 Å². The van der Waals surface area contributed by atoms with Gasteiger partial charge in [-0.15, -0.1) is 0 Å². The van der Waals surface area contributed by atoms with Gasteiger partial charge in [0.1, 0.15) is 5.75 Å². The number of anilines is 4. The van der Waals surface area contributed by atoms with E-state index in [4.69, 9.17) is 4.74 Å². The maximum Gasteiger partial charge on any atom is 0.255 e. The Morgan fingerprint density at radius 3 is 2.18 bits per heavy atom. The third kappa shape index (κ3) is 6.07. The van der Waals surface area contributed by atoms with Crippen molar-refractivity contribution in [2.24, 2.45) is 0 Å². The van der Waals surface area contributed by atoms with Crippen molar-refractivity contribution in [3.05, 3.63) is 78.4 Å². The van der Waals surface area contributed by atoms with E-state index in [-0.39, 0.29) is 18.4 Å². The molecule has 0 bridgehead atoms. The van der Waals surface area contributed by atoms with E-state index in [9.17, 15) is 9.59 Å². The van der Waals surface area contributed by atoms with Crippen LogP contribution in [0.4, 0.5) is 22.7 Å². The number of nitrogens with zero attached hydrogens (tertiary/aromatic N) is 1. The zero-order valence-corrected chi connectivity index (χ0v) is 19.3. The van der Waals surface area contributed by atoms with Crippen LogP contribution in [-0.2, 0) is 4.79 Å². The van der Waals surface area contributed by atoms with Gasteiger partial charge >= 0.3 is 0 Å². The topological polar surface area (TPSA) is 82.7 Å². The summed E-state index contributed by atoms with van der Waals surface area (Å²) in [5, 5.41) is 8.99. The van der Waals surface area contributed by atoms with Crippen molar-refractivity contribution < 1.29 is 14.3 Å². The van der Waals surface area contributed by atoms with Gasteiger partial charge in [0.05, 0.1) is 25.0 Å². The van der Waals surface area contributed by atoms with Crippen LogP contribution >= 0.6 is 0 Å². The van der Waals surface area contributed by atoms with Crippen LogP contribution in [0.25, 0.3) is 0 Å². The first-order valence-electron chi connectivity index (χ1n) is 11.6. The van der Waals surface area contributed by atoms with E-state index in [1.807, 2.05) is 18.2 Å². The number of carbonyl (C=O) groups is 2. The fourth-order valence-corrected chi connectivity index (χ4v) is 4.00. The summed E-state index contributed by atoms with van der Waals surface area (Å²) in [5.74, 6) is 0.352. The van der Waals surface area contributed by atoms with E-state index in [0.29, 0.717) is 16.9 Å². The number of amides is 2. The molecule has 1 aliphatic heterocycles. The lowest BCUT2D eigenvalue weighted by atomic mass is 10.1. The van der Waals surface area contributed by atoms with Crippen LogP contribution in [0.1, 0.15) is 29.6 Å². The fourth-order valence-electron chi connectivity index (χ4n) is 4.00. The maximum absolute atomic E-state index is 12.5. The Morgan fingerprint density at radius 1 is 0.824 bits per heavy atom. The van der Waals surface area contributed by atoms with Gasteiger partial charge in [0.15, 0.2) is 0 Å². The second-order valence-corrected chi connectivity index (χ2v) is 8.23. The van der Waals surface area contributed by atoms with E-state index in [1.54, 1.807) is 55.6 Å². The van der Waals surface area contributed by atoms with Crippen molar-refractivity contribution in [1.82, 2.24) is 0 Å². The average Bonchev–Trinajstić information content (AvgIpc) is 2.89. The Bertz CT molecular complexity index is 1110. The third-order valence-electron chi connectivity index (χ3n) is 5.82. The normalized spacial score (nSPS) is 13.1. The van der Waals surface area contributed by atoms with Gasteiger partial charge < -0.3 is 25.6 Å². The predicted octanol–water partition coefficient (Wildman–Crippen LogP) is 4.99. The lowest BCUT2D eigenvalue weighted by Gasteiger charge is -2.30. The largest absolute Gasteiger partial charge is 0.497 e. The Balaban J connectivity index is 1.29. The van der Waals surface area contributed by atoms with Gasteiger partial charge in [0, 0.05) is 30.0 Å². The molecule has 3 aromatic rings. The van der Waals surface area contributed by atoms with Gasteiger partial charge in [-0.1, -0.05) is 12.1 Å². The molecular formula is C27H30N4O3. The van der Waals surface area contributed by atoms with Gasteiger partial charge in [-0.2, -0.15) is 0 Å². The zero-order chi connectivity index (χ0) is 23.8. The SMILES string of the molecule is COc1ccc(NC(=O)c2ccc(NC(=O)CNc3ccccc3N3CCCCC3)cc2)cc1. The molecule has 3 aromatic carbocycles. The molecule has 3 N–H and O–H groups in total. The van der Waals surface area contributed by atoms with Crippen LogP contribution < -0.4 is 25.6 Å². The molecule has 34 heavy (non-hydrogen) atoms. The van der Waals surface area contributed by atoms with Crippen molar-refractivity contribution >= 4 is 34.6 Å². The lowest BCUT2D eigenvalue weighted by molar-refractivity contribution is -0.114. The first kappa shape index (κ1) is 23.2. The Kier molecular flexibility index (Phi) is 7.65. The molecule has 0 atom stereocenters. The molecule has 4 rings (SSSR count). The van der Waals surface area contributed by atoms with Crippen LogP contribution in [0, 0.1) is 0 Å². The minimum atomic E-state index is -0.223. The van der Waals surface area contributed by atoms with Gasteiger partial charge in [-0.25, -0.2) is 0 Å². The minimum absolute atomic E-state index is 0.149. The van der Waals surface area contributed by atoms with Gasteiger partial charge in [-0.05, 0) is 79.9 Å². The van der Waals surface area contributed by atoms with Crippen LogP contribution in [0.3, 0.4) is 0 Å². The first-order valence-corrected chi connectivity index (χ1v) is 11.6. The molecule has 1 heterocycles. The van der Waals surface area contributed by atoms with Gasteiger partial charge in [0.25, 0.3) is 5.91 Å². The molecule has 0 saturated carbocycles. The minimum Gasteiger partial charge on any atom is -0.497 e. The molecular weight excluding hydrogens is 428 g/mol. The number of methoxy groups -OCH3 is 1. The van der Waals surface area contributed by atoms with Crippen molar-refractivity contribution in [3.8, 4) is 5.75 Å². The quantitative estimate of drug-likeness (QED) is 0.443. The molecule has 1 aliphatic rings. The molecule has 0 unspecified atom stereocenters. The number of rotatable bonds is 8. The monoisotopic (exact) mass is 458 g/mol.